The molecule has 2 unspecified atom stereocenters. The summed E-state index contributed by atoms with van der Waals surface area (Å²) < 4.78 is 0. The van der Waals surface area contributed by atoms with Gasteiger partial charge in [-0.2, -0.15) is 0 Å². The molecule has 0 radical (unpaired) electrons. The minimum Gasteiger partial charge on any atom is -0.465 e. The first kappa shape index (κ1) is 6.01. The zero-order valence-electron chi connectivity index (χ0n) is 5.95. The number of hydrogen-bond donors (Lipinski definition) is 1. The van der Waals surface area contributed by atoms with E-state index >= 15 is 0 Å². The van der Waals surface area contributed by atoms with Gasteiger partial charge in [0, 0.05) is 13.1 Å². The Morgan fingerprint density at radius 3 is 2.40 bits per heavy atom. The monoisotopic (exact) mass is 141 g/mol. The highest BCUT2D eigenvalue weighted by Crippen LogP contribution is 2.50. The number of fused-ring (bicyclic) bond motifs is 1. The molecular weight excluding hydrogens is 130 g/mol. The fourth-order valence-electron chi connectivity index (χ4n) is 1.98. The number of amides is 1. The molecule has 0 aromatic carbocycles. The molecule has 10 heavy (non-hydrogen) atoms. The molecule has 2 fully saturated rings. The first-order valence-electron chi connectivity index (χ1n) is 3.68. The van der Waals surface area contributed by atoms with Crippen LogP contribution in [0.1, 0.15) is 6.92 Å². The summed E-state index contributed by atoms with van der Waals surface area (Å²) in [5.41, 5.74) is 0. The van der Waals surface area contributed by atoms with Crippen molar-refractivity contribution in [2.24, 2.45) is 17.8 Å². The van der Waals surface area contributed by atoms with E-state index in [1.165, 1.54) is 4.90 Å². The molecule has 1 aliphatic heterocycles. The number of nitrogens with zero attached hydrogens (tertiary/aromatic N) is 1. The summed E-state index contributed by atoms with van der Waals surface area (Å²) in [6.45, 7) is 3.76. The number of carboxylic acid groups (broad SMARTS) is 1. The molecule has 3 heteroatoms. The lowest BCUT2D eigenvalue weighted by Gasteiger charge is -2.13. The summed E-state index contributed by atoms with van der Waals surface area (Å²) in [5, 5.41) is 8.56. The molecule has 1 N–H and O–H groups in total. The molecule has 1 saturated carbocycles. The van der Waals surface area contributed by atoms with Crippen LogP contribution in [0.25, 0.3) is 0 Å². The third kappa shape index (κ3) is 0.632. The number of likely N-dealkylation sites (tertiary alicyclic amines) is 1. The van der Waals surface area contributed by atoms with Gasteiger partial charge >= 0.3 is 6.09 Å². The molecule has 1 saturated heterocycles. The number of rotatable bonds is 0. The number of piperidine rings is 1. The first-order chi connectivity index (χ1) is 4.70. The topological polar surface area (TPSA) is 40.5 Å². The summed E-state index contributed by atoms with van der Waals surface area (Å²) in [6, 6.07) is 0. The second-order valence-electron chi connectivity index (χ2n) is 3.37. The van der Waals surface area contributed by atoms with E-state index < -0.39 is 6.09 Å². The van der Waals surface area contributed by atoms with E-state index in [1.54, 1.807) is 0 Å². The van der Waals surface area contributed by atoms with E-state index in [2.05, 4.69) is 6.92 Å². The van der Waals surface area contributed by atoms with E-state index in [0.717, 1.165) is 19.0 Å². The highest BCUT2D eigenvalue weighted by molar-refractivity contribution is 5.65. The van der Waals surface area contributed by atoms with Crippen LogP contribution in [-0.2, 0) is 0 Å². The maximum atomic E-state index is 10.4. The summed E-state index contributed by atoms with van der Waals surface area (Å²) in [4.78, 5) is 11.9. The lowest BCUT2D eigenvalue weighted by atomic mass is 10.3. The van der Waals surface area contributed by atoms with Crippen molar-refractivity contribution in [1.82, 2.24) is 4.90 Å². The van der Waals surface area contributed by atoms with Crippen LogP contribution in [0.5, 0.6) is 0 Å². The fraction of sp³-hybridized carbons (Fsp3) is 0.857. The zero-order valence-corrected chi connectivity index (χ0v) is 5.95. The Labute approximate surface area is 59.6 Å². The van der Waals surface area contributed by atoms with Gasteiger partial charge in [-0.15, -0.1) is 0 Å². The van der Waals surface area contributed by atoms with Crippen LogP contribution in [0.2, 0.25) is 0 Å². The Morgan fingerprint density at radius 1 is 1.50 bits per heavy atom. The Kier molecular flexibility index (Phi) is 0.993. The van der Waals surface area contributed by atoms with E-state index in [9.17, 15) is 4.79 Å². The van der Waals surface area contributed by atoms with Gasteiger partial charge in [0.25, 0.3) is 0 Å². The van der Waals surface area contributed by atoms with Crippen molar-refractivity contribution in [3.63, 3.8) is 0 Å². The van der Waals surface area contributed by atoms with Gasteiger partial charge < -0.3 is 10.0 Å². The molecule has 2 atom stereocenters. The largest absolute Gasteiger partial charge is 0.465 e. The SMILES string of the molecule is CC1C2CN(C(=O)O)CC12. The van der Waals surface area contributed by atoms with Gasteiger partial charge in [0.1, 0.15) is 0 Å². The molecular formula is C7H11NO2. The molecule has 2 aliphatic rings. The third-order valence-corrected chi connectivity index (χ3v) is 2.89. The van der Waals surface area contributed by atoms with Crippen molar-refractivity contribution >= 4 is 6.09 Å². The quantitative estimate of drug-likeness (QED) is 0.543. The Morgan fingerprint density at radius 2 is 2.00 bits per heavy atom. The van der Waals surface area contributed by atoms with E-state index in [-0.39, 0.29) is 0 Å². The maximum Gasteiger partial charge on any atom is 0.407 e. The number of carbonyl (C=O) groups is 1. The Hall–Kier alpha value is -0.730. The van der Waals surface area contributed by atoms with E-state index in [4.69, 9.17) is 5.11 Å². The lowest BCUT2D eigenvalue weighted by molar-refractivity contribution is 0.149. The van der Waals surface area contributed by atoms with Gasteiger partial charge in [-0.25, -0.2) is 4.79 Å². The molecule has 0 aromatic rings. The van der Waals surface area contributed by atoms with Gasteiger partial charge in [-0.05, 0) is 17.8 Å². The summed E-state index contributed by atoms with van der Waals surface area (Å²) in [5.74, 6) is 2.17. The molecule has 0 bridgehead atoms. The van der Waals surface area contributed by atoms with Crippen LogP contribution in [0.15, 0.2) is 0 Å². The van der Waals surface area contributed by atoms with Gasteiger partial charge in [0.05, 0.1) is 0 Å². The van der Waals surface area contributed by atoms with Gasteiger partial charge in [-0.1, -0.05) is 6.92 Å². The van der Waals surface area contributed by atoms with Gasteiger partial charge in [-0.3, -0.25) is 0 Å². The molecule has 1 aliphatic carbocycles. The van der Waals surface area contributed by atoms with Crippen LogP contribution in [-0.4, -0.2) is 29.2 Å². The molecule has 56 valence electrons. The van der Waals surface area contributed by atoms with Crippen molar-refractivity contribution in [2.75, 3.05) is 13.1 Å². The summed E-state index contributed by atoms with van der Waals surface area (Å²) >= 11 is 0. The first-order valence-corrected chi connectivity index (χ1v) is 3.68. The van der Waals surface area contributed by atoms with Crippen LogP contribution in [0.3, 0.4) is 0 Å². The minimum atomic E-state index is -0.751. The summed E-state index contributed by atoms with van der Waals surface area (Å²) in [6.07, 6.45) is -0.751. The molecule has 2 rings (SSSR count). The lowest BCUT2D eigenvalue weighted by Crippen LogP contribution is -2.29. The average molecular weight is 141 g/mol. The minimum absolute atomic E-state index is 0.691. The van der Waals surface area contributed by atoms with Crippen molar-refractivity contribution in [3.05, 3.63) is 0 Å². The predicted octanol–water partition coefficient (Wildman–Crippen LogP) is 0.862. The van der Waals surface area contributed by atoms with E-state index in [0.29, 0.717) is 11.8 Å². The second-order valence-corrected chi connectivity index (χ2v) is 3.37. The van der Waals surface area contributed by atoms with Crippen molar-refractivity contribution in [2.45, 2.75) is 6.92 Å². The standard InChI is InChI=1S/C7H11NO2/c1-4-5-2-8(7(9)10)3-6(4)5/h4-6H,2-3H2,1H3,(H,9,10). The van der Waals surface area contributed by atoms with Crippen molar-refractivity contribution in [3.8, 4) is 0 Å². The predicted molar refractivity (Wildman–Crippen MR) is 35.7 cm³/mol. The van der Waals surface area contributed by atoms with Gasteiger partial charge in [0.15, 0.2) is 0 Å². The van der Waals surface area contributed by atoms with Crippen LogP contribution in [0, 0.1) is 17.8 Å². The van der Waals surface area contributed by atoms with Crippen LogP contribution < -0.4 is 0 Å². The molecule has 0 spiro atoms. The Bertz CT molecular complexity index is 168. The highest BCUT2D eigenvalue weighted by Gasteiger charge is 2.53. The normalized spacial score (nSPS) is 43.3. The third-order valence-electron chi connectivity index (χ3n) is 2.89. The highest BCUT2D eigenvalue weighted by atomic mass is 16.4. The second kappa shape index (κ2) is 1.65. The Balaban J connectivity index is 1.95. The van der Waals surface area contributed by atoms with Crippen molar-refractivity contribution < 1.29 is 9.90 Å². The van der Waals surface area contributed by atoms with E-state index in [1.807, 2.05) is 0 Å². The molecule has 1 amide bonds. The zero-order chi connectivity index (χ0) is 7.30. The smallest absolute Gasteiger partial charge is 0.407 e. The average Bonchev–Trinajstić information content (AvgIpc) is 2.38. The maximum absolute atomic E-state index is 10.4. The van der Waals surface area contributed by atoms with Gasteiger partial charge in [0.2, 0.25) is 0 Å². The van der Waals surface area contributed by atoms with Crippen LogP contribution >= 0.6 is 0 Å². The number of hydrogen-bond acceptors (Lipinski definition) is 1. The summed E-state index contributed by atoms with van der Waals surface area (Å²) in [7, 11) is 0. The molecule has 0 aromatic heterocycles. The molecule has 1 heterocycles. The van der Waals surface area contributed by atoms with Crippen molar-refractivity contribution in [1.29, 1.82) is 0 Å². The fourth-order valence-corrected chi connectivity index (χ4v) is 1.98. The molecule has 3 nitrogen and oxygen atoms in total. The van der Waals surface area contributed by atoms with Crippen LogP contribution in [0.4, 0.5) is 4.79 Å².